The first kappa shape index (κ1) is 14.6. The quantitative estimate of drug-likeness (QED) is 0.617. The summed E-state index contributed by atoms with van der Waals surface area (Å²) in [4.78, 5) is 0. The first-order valence-corrected chi connectivity index (χ1v) is 7.42. The number of hydrogen-bond acceptors (Lipinski definition) is 3. The maximum Gasteiger partial charge on any atom is 0.150 e. The van der Waals surface area contributed by atoms with Gasteiger partial charge in [0.1, 0.15) is 9.84 Å². The molecule has 0 aliphatic carbocycles. The molecule has 0 saturated heterocycles. The number of rotatable bonds is 9. The molecule has 0 aliphatic heterocycles. The molecule has 1 N–H and O–H groups in total. The molecule has 0 fully saturated rings. The highest BCUT2D eigenvalue weighted by Crippen LogP contribution is 2.05. The van der Waals surface area contributed by atoms with Gasteiger partial charge < -0.3 is 5.32 Å². The summed E-state index contributed by atoms with van der Waals surface area (Å²) in [5.41, 5.74) is 0. The monoisotopic (exact) mass is 233 g/mol. The predicted molar refractivity (Wildman–Crippen MR) is 65.8 cm³/mol. The highest BCUT2D eigenvalue weighted by atomic mass is 32.2. The van der Waals surface area contributed by atoms with Gasteiger partial charge in [-0.05, 0) is 25.8 Å². The van der Waals surface area contributed by atoms with Crippen LogP contribution in [0.5, 0.6) is 0 Å². The molecule has 4 heteroatoms. The van der Waals surface area contributed by atoms with Crippen molar-refractivity contribution in [1.82, 2.24) is 5.32 Å². The summed E-state index contributed by atoms with van der Waals surface area (Å²) in [5.74, 6) is 0.558. The van der Waals surface area contributed by atoms with Gasteiger partial charge in [0.25, 0.3) is 0 Å². The fraction of sp³-hybridized carbons (Fsp3) is 0.818. The maximum absolute atomic E-state index is 11.3. The van der Waals surface area contributed by atoms with Gasteiger partial charge >= 0.3 is 0 Å². The highest BCUT2D eigenvalue weighted by molar-refractivity contribution is 7.91. The van der Waals surface area contributed by atoms with Crippen LogP contribution in [0.4, 0.5) is 0 Å². The lowest BCUT2D eigenvalue weighted by Crippen LogP contribution is -2.28. The van der Waals surface area contributed by atoms with Crippen LogP contribution in [0.1, 0.15) is 33.1 Å². The van der Waals surface area contributed by atoms with Crippen molar-refractivity contribution in [2.45, 2.75) is 39.2 Å². The van der Waals surface area contributed by atoms with Gasteiger partial charge in [-0.1, -0.05) is 19.9 Å². The Labute approximate surface area is 93.9 Å². The Hall–Kier alpha value is -0.350. The van der Waals surface area contributed by atoms with Crippen molar-refractivity contribution in [3.63, 3.8) is 0 Å². The molecule has 0 aliphatic rings. The summed E-state index contributed by atoms with van der Waals surface area (Å²) in [6.07, 6.45) is 4.42. The first-order chi connectivity index (χ1) is 7.05. The van der Waals surface area contributed by atoms with Crippen molar-refractivity contribution in [1.29, 1.82) is 0 Å². The fourth-order valence-electron chi connectivity index (χ4n) is 1.49. The smallest absolute Gasteiger partial charge is 0.150 e. The molecule has 0 aromatic carbocycles. The molecule has 1 unspecified atom stereocenters. The third-order valence-corrected chi connectivity index (χ3v) is 4.18. The van der Waals surface area contributed by atoms with E-state index < -0.39 is 9.84 Å². The second-order valence-electron chi connectivity index (χ2n) is 3.66. The third-order valence-electron chi connectivity index (χ3n) is 2.39. The molecule has 0 spiro atoms. The van der Waals surface area contributed by atoms with Crippen LogP contribution in [-0.2, 0) is 9.84 Å². The van der Waals surface area contributed by atoms with E-state index in [9.17, 15) is 8.42 Å². The second-order valence-corrected chi connectivity index (χ2v) is 6.13. The molecule has 0 amide bonds. The van der Waals surface area contributed by atoms with Gasteiger partial charge in [-0.2, -0.15) is 0 Å². The summed E-state index contributed by atoms with van der Waals surface area (Å²) in [6.45, 7) is 8.36. The predicted octanol–water partition coefficient (Wildman–Crippen LogP) is 1.76. The van der Waals surface area contributed by atoms with Crippen molar-refractivity contribution in [2.75, 3.05) is 18.1 Å². The fourth-order valence-corrected chi connectivity index (χ4v) is 2.38. The van der Waals surface area contributed by atoms with Crippen LogP contribution in [0.2, 0.25) is 0 Å². The number of nitrogens with one attached hydrogen (secondary N) is 1. The van der Waals surface area contributed by atoms with Crippen molar-refractivity contribution in [3.05, 3.63) is 12.7 Å². The molecule has 0 aromatic rings. The molecular formula is C11H23NO2S. The highest BCUT2D eigenvalue weighted by Gasteiger charge is 2.10. The number of sulfone groups is 1. The van der Waals surface area contributed by atoms with Crippen molar-refractivity contribution in [3.8, 4) is 0 Å². The molecule has 3 nitrogen and oxygen atoms in total. The Balaban J connectivity index is 3.84. The lowest BCUT2D eigenvalue weighted by atomic mass is 10.1. The van der Waals surface area contributed by atoms with Crippen LogP contribution in [0, 0.1) is 0 Å². The lowest BCUT2D eigenvalue weighted by Gasteiger charge is -2.15. The Kier molecular flexibility index (Phi) is 7.70. The van der Waals surface area contributed by atoms with Crippen LogP contribution in [0.15, 0.2) is 12.7 Å². The average Bonchev–Trinajstić information content (AvgIpc) is 2.18. The van der Waals surface area contributed by atoms with Crippen LogP contribution >= 0.6 is 0 Å². The Morgan fingerprint density at radius 2 is 2.07 bits per heavy atom. The van der Waals surface area contributed by atoms with Gasteiger partial charge in [-0.3, -0.25) is 0 Å². The van der Waals surface area contributed by atoms with Crippen molar-refractivity contribution in [2.24, 2.45) is 0 Å². The molecular weight excluding hydrogens is 210 g/mol. The summed E-state index contributed by atoms with van der Waals surface area (Å²) in [7, 11) is -2.80. The van der Waals surface area contributed by atoms with E-state index >= 15 is 0 Å². The van der Waals surface area contributed by atoms with Gasteiger partial charge in [-0.15, -0.1) is 6.58 Å². The van der Waals surface area contributed by atoms with E-state index in [2.05, 4.69) is 18.8 Å². The van der Waals surface area contributed by atoms with E-state index in [0.29, 0.717) is 11.8 Å². The third kappa shape index (κ3) is 7.56. The van der Waals surface area contributed by atoms with Crippen molar-refractivity contribution >= 4 is 9.84 Å². The van der Waals surface area contributed by atoms with E-state index in [1.54, 1.807) is 6.92 Å². The van der Waals surface area contributed by atoms with Gasteiger partial charge in [0.05, 0.1) is 5.75 Å². The second kappa shape index (κ2) is 7.88. The van der Waals surface area contributed by atoms with E-state index in [4.69, 9.17) is 0 Å². The molecule has 0 bridgehead atoms. The molecule has 0 rings (SSSR count). The molecule has 0 saturated carbocycles. The standard InChI is InChI=1S/C11H23NO2S/c1-4-8-11(12-5-2)9-7-10-15(13,14)6-3/h4,11-12H,1,5-10H2,2-3H3. The van der Waals surface area contributed by atoms with E-state index in [1.165, 1.54) is 0 Å². The Morgan fingerprint density at radius 1 is 1.40 bits per heavy atom. The normalized spacial score (nSPS) is 13.7. The van der Waals surface area contributed by atoms with E-state index in [1.807, 2.05) is 6.08 Å². The minimum atomic E-state index is -2.80. The summed E-state index contributed by atoms with van der Waals surface area (Å²) in [5, 5.41) is 3.32. The molecule has 90 valence electrons. The molecule has 1 atom stereocenters. The van der Waals surface area contributed by atoms with Gasteiger partial charge in [-0.25, -0.2) is 8.42 Å². The van der Waals surface area contributed by atoms with E-state index in [-0.39, 0.29) is 5.75 Å². The summed E-state index contributed by atoms with van der Waals surface area (Å²) < 4.78 is 22.5. The van der Waals surface area contributed by atoms with Gasteiger partial charge in [0.15, 0.2) is 0 Å². The Morgan fingerprint density at radius 3 is 2.53 bits per heavy atom. The zero-order valence-corrected chi connectivity index (χ0v) is 10.6. The molecule has 15 heavy (non-hydrogen) atoms. The van der Waals surface area contributed by atoms with Crippen LogP contribution in [-0.4, -0.2) is 32.5 Å². The zero-order valence-electron chi connectivity index (χ0n) is 9.83. The topological polar surface area (TPSA) is 46.2 Å². The van der Waals surface area contributed by atoms with Crippen LogP contribution in [0.3, 0.4) is 0 Å². The Bertz CT molecular complexity index is 260. The first-order valence-electron chi connectivity index (χ1n) is 5.60. The minimum Gasteiger partial charge on any atom is -0.314 e. The molecule has 0 heterocycles. The summed E-state index contributed by atoms with van der Waals surface area (Å²) >= 11 is 0. The SMILES string of the molecule is C=CCC(CCCS(=O)(=O)CC)NCC. The van der Waals surface area contributed by atoms with Crippen LogP contribution < -0.4 is 5.32 Å². The van der Waals surface area contributed by atoms with Gasteiger partial charge in [0, 0.05) is 11.8 Å². The van der Waals surface area contributed by atoms with Gasteiger partial charge in [0.2, 0.25) is 0 Å². The minimum absolute atomic E-state index is 0.250. The average molecular weight is 233 g/mol. The van der Waals surface area contributed by atoms with E-state index in [0.717, 1.165) is 25.8 Å². The molecule has 0 aromatic heterocycles. The molecule has 0 radical (unpaired) electrons. The maximum atomic E-state index is 11.3. The number of hydrogen-bond donors (Lipinski definition) is 1. The largest absolute Gasteiger partial charge is 0.314 e. The lowest BCUT2D eigenvalue weighted by molar-refractivity contribution is 0.491. The van der Waals surface area contributed by atoms with Crippen LogP contribution in [0.25, 0.3) is 0 Å². The summed E-state index contributed by atoms with van der Waals surface area (Å²) in [6, 6.07) is 0.375. The zero-order chi connectivity index (χ0) is 11.7. The van der Waals surface area contributed by atoms with Crippen molar-refractivity contribution < 1.29 is 8.42 Å².